The molecule has 0 aromatic heterocycles. The van der Waals surface area contributed by atoms with Crippen molar-refractivity contribution < 1.29 is 19.0 Å². The van der Waals surface area contributed by atoms with Gasteiger partial charge in [-0.25, -0.2) is 4.39 Å². The van der Waals surface area contributed by atoms with Gasteiger partial charge in [-0.3, -0.25) is 0 Å². The van der Waals surface area contributed by atoms with Gasteiger partial charge in [-0.1, -0.05) is 11.8 Å². The van der Waals surface area contributed by atoms with Crippen LogP contribution in [0.25, 0.3) is 0 Å². The number of halogens is 1. The number of methoxy groups -OCH3 is 1. The molecule has 0 amide bonds. The Labute approximate surface area is 100 Å². The minimum absolute atomic E-state index is 0.264. The summed E-state index contributed by atoms with van der Waals surface area (Å²) in [5.74, 6) is 5.26. The molecule has 0 unspecified atom stereocenters. The number of aliphatic hydroxyl groups excluding tert-OH is 1. The molecule has 1 aromatic carbocycles. The molecule has 0 saturated carbocycles. The van der Waals surface area contributed by atoms with Gasteiger partial charge in [-0.2, -0.15) is 0 Å². The van der Waals surface area contributed by atoms with Crippen molar-refractivity contribution in [3.8, 4) is 17.6 Å². The van der Waals surface area contributed by atoms with Crippen LogP contribution in [0.3, 0.4) is 0 Å². The van der Waals surface area contributed by atoms with Crippen LogP contribution in [0.15, 0.2) is 18.2 Å². The maximum Gasteiger partial charge on any atom is 0.135 e. The number of rotatable bonds is 5. The first-order valence-corrected chi connectivity index (χ1v) is 5.29. The Morgan fingerprint density at radius 2 is 2.18 bits per heavy atom. The number of benzene rings is 1. The van der Waals surface area contributed by atoms with Gasteiger partial charge in [0.15, 0.2) is 0 Å². The van der Waals surface area contributed by atoms with Crippen LogP contribution in [0, 0.1) is 17.7 Å². The molecule has 17 heavy (non-hydrogen) atoms. The van der Waals surface area contributed by atoms with Gasteiger partial charge < -0.3 is 14.6 Å². The second-order valence-corrected chi connectivity index (χ2v) is 3.30. The number of aliphatic hydroxyl groups is 1. The van der Waals surface area contributed by atoms with Crippen LogP contribution < -0.4 is 4.74 Å². The molecule has 0 bridgehead atoms. The highest BCUT2D eigenvalue weighted by molar-refractivity contribution is 5.46. The molecule has 92 valence electrons. The molecule has 0 saturated heterocycles. The van der Waals surface area contributed by atoms with Crippen LogP contribution in [0.4, 0.5) is 4.39 Å². The lowest BCUT2D eigenvalue weighted by Gasteiger charge is -2.07. The smallest absolute Gasteiger partial charge is 0.135 e. The Balaban J connectivity index is 2.69. The molecule has 0 fully saturated rings. The Bertz CT molecular complexity index is 407. The SMILES string of the molecule is COCCCOc1ccc(F)cc1C#CCO. The summed E-state index contributed by atoms with van der Waals surface area (Å²) >= 11 is 0. The van der Waals surface area contributed by atoms with Crippen molar-refractivity contribution in [3.63, 3.8) is 0 Å². The second-order valence-electron chi connectivity index (χ2n) is 3.30. The number of hydrogen-bond acceptors (Lipinski definition) is 3. The van der Waals surface area contributed by atoms with E-state index < -0.39 is 0 Å². The number of hydrogen-bond donors (Lipinski definition) is 1. The Kier molecular flexibility index (Phi) is 6.08. The van der Waals surface area contributed by atoms with Crippen molar-refractivity contribution in [1.29, 1.82) is 0 Å². The molecule has 1 N–H and O–H groups in total. The summed E-state index contributed by atoms with van der Waals surface area (Å²) in [6, 6.07) is 4.13. The van der Waals surface area contributed by atoms with Gasteiger partial charge in [0.25, 0.3) is 0 Å². The molecule has 1 rings (SSSR count). The highest BCUT2D eigenvalue weighted by Crippen LogP contribution is 2.18. The van der Waals surface area contributed by atoms with Crippen molar-refractivity contribution in [3.05, 3.63) is 29.6 Å². The number of ether oxygens (including phenoxy) is 2. The van der Waals surface area contributed by atoms with E-state index in [9.17, 15) is 4.39 Å². The van der Waals surface area contributed by atoms with E-state index in [4.69, 9.17) is 14.6 Å². The lowest BCUT2D eigenvalue weighted by molar-refractivity contribution is 0.172. The lowest BCUT2D eigenvalue weighted by Crippen LogP contribution is -2.02. The Morgan fingerprint density at radius 1 is 1.35 bits per heavy atom. The molecule has 1 aromatic rings. The van der Waals surface area contributed by atoms with Crippen LogP contribution in [-0.4, -0.2) is 32.0 Å². The minimum Gasteiger partial charge on any atom is -0.492 e. The van der Waals surface area contributed by atoms with E-state index in [0.717, 1.165) is 6.42 Å². The average molecular weight is 238 g/mol. The van der Waals surface area contributed by atoms with Gasteiger partial charge in [0.1, 0.15) is 18.2 Å². The van der Waals surface area contributed by atoms with E-state index in [1.807, 2.05) is 0 Å². The summed E-state index contributed by atoms with van der Waals surface area (Å²) in [5.41, 5.74) is 0.441. The van der Waals surface area contributed by atoms with Crippen molar-refractivity contribution in [1.82, 2.24) is 0 Å². The van der Waals surface area contributed by atoms with Gasteiger partial charge in [0.05, 0.1) is 12.2 Å². The fourth-order valence-corrected chi connectivity index (χ4v) is 1.25. The third-order valence-corrected chi connectivity index (χ3v) is 1.99. The molecule has 3 nitrogen and oxygen atoms in total. The van der Waals surface area contributed by atoms with Gasteiger partial charge in [-0.15, -0.1) is 0 Å². The molecule has 4 heteroatoms. The minimum atomic E-state index is -0.378. The van der Waals surface area contributed by atoms with E-state index in [0.29, 0.717) is 24.5 Å². The summed E-state index contributed by atoms with van der Waals surface area (Å²) in [7, 11) is 1.62. The molecular weight excluding hydrogens is 223 g/mol. The van der Waals surface area contributed by atoms with Crippen LogP contribution >= 0.6 is 0 Å². The third-order valence-electron chi connectivity index (χ3n) is 1.99. The molecule has 0 aliphatic heterocycles. The first kappa shape index (κ1) is 13.5. The molecule has 0 aliphatic rings. The van der Waals surface area contributed by atoms with E-state index in [-0.39, 0.29) is 12.4 Å². The van der Waals surface area contributed by atoms with Crippen LogP contribution in [-0.2, 0) is 4.74 Å². The van der Waals surface area contributed by atoms with Crippen molar-refractivity contribution in [2.75, 3.05) is 26.9 Å². The fraction of sp³-hybridized carbons (Fsp3) is 0.385. The summed E-state index contributed by atoms with van der Waals surface area (Å²) in [4.78, 5) is 0. The van der Waals surface area contributed by atoms with Gasteiger partial charge in [0, 0.05) is 20.1 Å². The summed E-state index contributed by atoms with van der Waals surface area (Å²) in [6.07, 6.45) is 0.751. The topological polar surface area (TPSA) is 38.7 Å². The van der Waals surface area contributed by atoms with Crippen LogP contribution in [0.1, 0.15) is 12.0 Å². The lowest BCUT2D eigenvalue weighted by atomic mass is 10.2. The zero-order valence-electron chi connectivity index (χ0n) is 9.70. The average Bonchev–Trinajstić information content (AvgIpc) is 2.34. The normalized spacial score (nSPS) is 9.59. The maximum atomic E-state index is 13.0. The predicted octanol–water partition coefficient (Wildman–Crippen LogP) is 1.58. The van der Waals surface area contributed by atoms with Crippen molar-refractivity contribution in [2.45, 2.75) is 6.42 Å². The molecule has 0 aliphatic carbocycles. The summed E-state index contributed by atoms with van der Waals surface area (Å²) in [6.45, 7) is 0.825. The molecule has 0 spiro atoms. The molecule has 0 radical (unpaired) electrons. The Morgan fingerprint density at radius 3 is 2.88 bits per heavy atom. The molecule has 0 atom stereocenters. The summed E-state index contributed by atoms with van der Waals surface area (Å²) < 4.78 is 23.4. The molecule has 0 heterocycles. The zero-order valence-corrected chi connectivity index (χ0v) is 9.70. The van der Waals surface area contributed by atoms with Crippen molar-refractivity contribution in [2.24, 2.45) is 0 Å². The first-order valence-electron chi connectivity index (χ1n) is 5.29. The van der Waals surface area contributed by atoms with Crippen LogP contribution in [0.2, 0.25) is 0 Å². The monoisotopic (exact) mass is 238 g/mol. The predicted molar refractivity (Wildman–Crippen MR) is 62.4 cm³/mol. The van der Waals surface area contributed by atoms with Gasteiger partial charge >= 0.3 is 0 Å². The van der Waals surface area contributed by atoms with E-state index >= 15 is 0 Å². The van der Waals surface area contributed by atoms with Gasteiger partial charge in [0.2, 0.25) is 0 Å². The van der Waals surface area contributed by atoms with E-state index in [1.165, 1.54) is 18.2 Å². The van der Waals surface area contributed by atoms with Crippen LogP contribution in [0.5, 0.6) is 5.75 Å². The maximum absolute atomic E-state index is 13.0. The Hall–Kier alpha value is -1.57. The van der Waals surface area contributed by atoms with Gasteiger partial charge in [-0.05, 0) is 18.2 Å². The highest BCUT2D eigenvalue weighted by Gasteiger charge is 2.03. The quantitative estimate of drug-likeness (QED) is 0.625. The van der Waals surface area contributed by atoms with E-state index in [2.05, 4.69) is 11.8 Å². The first-order chi connectivity index (χ1) is 8.27. The third kappa shape index (κ3) is 4.85. The van der Waals surface area contributed by atoms with E-state index in [1.54, 1.807) is 7.11 Å². The van der Waals surface area contributed by atoms with Crippen molar-refractivity contribution >= 4 is 0 Å². The highest BCUT2D eigenvalue weighted by atomic mass is 19.1. The second kappa shape index (κ2) is 7.66. The zero-order chi connectivity index (χ0) is 12.5. The standard InChI is InChI=1S/C13H15FO3/c1-16-8-3-9-17-13-6-5-12(14)10-11(13)4-2-7-15/h5-6,10,15H,3,7-9H2,1H3. The molecular formula is C13H15FO3. The largest absolute Gasteiger partial charge is 0.492 e. The fourth-order valence-electron chi connectivity index (χ4n) is 1.25. The summed E-state index contributed by atoms with van der Waals surface area (Å²) in [5, 5.41) is 8.61.